The van der Waals surface area contributed by atoms with Crippen molar-refractivity contribution in [1.82, 2.24) is 15.2 Å². The Hall–Kier alpha value is -2.84. The van der Waals surface area contributed by atoms with Crippen molar-refractivity contribution >= 4 is 37.5 Å². The maximum Gasteiger partial charge on any atom is 0.174 e. The van der Waals surface area contributed by atoms with Crippen LogP contribution in [0.1, 0.15) is 46.2 Å². The Labute approximate surface area is 187 Å². The normalized spacial score (nSPS) is 14.2. The van der Waals surface area contributed by atoms with Gasteiger partial charge in [0.2, 0.25) is 0 Å². The number of aromatic nitrogens is 3. The van der Waals surface area contributed by atoms with E-state index in [9.17, 15) is 8.60 Å². The first-order valence-corrected chi connectivity index (χ1v) is 11.9. The van der Waals surface area contributed by atoms with Crippen molar-refractivity contribution in [3.05, 3.63) is 54.1 Å². The van der Waals surface area contributed by atoms with Gasteiger partial charge in [-0.25, -0.2) is 13.6 Å². The van der Waals surface area contributed by atoms with Gasteiger partial charge < -0.3 is 0 Å². The molecule has 0 amide bonds. The summed E-state index contributed by atoms with van der Waals surface area (Å²) in [4.78, 5) is 4.88. The van der Waals surface area contributed by atoms with E-state index in [-0.39, 0.29) is 11.7 Å². The van der Waals surface area contributed by atoms with E-state index in [0.29, 0.717) is 5.82 Å². The van der Waals surface area contributed by atoms with Crippen LogP contribution in [-0.2, 0) is 14.2 Å². The van der Waals surface area contributed by atoms with Gasteiger partial charge in [0.25, 0.3) is 0 Å². The smallest absolute Gasteiger partial charge is 0.174 e. The second-order valence-corrected chi connectivity index (χ2v) is 11.7. The molecule has 2 aromatic carbocycles. The molecule has 2 aromatic heterocycles. The molecule has 0 saturated heterocycles. The van der Waals surface area contributed by atoms with Gasteiger partial charge in [-0.1, -0.05) is 26.0 Å². The molecule has 0 aliphatic carbocycles. The fourth-order valence-electron chi connectivity index (χ4n) is 3.70. The van der Waals surface area contributed by atoms with E-state index < -0.39 is 14.8 Å². The molecule has 1 atom stereocenters. The Morgan fingerprint density at radius 2 is 1.81 bits per heavy atom. The molecule has 0 saturated carbocycles. The van der Waals surface area contributed by atoms with Crippen LogP contribution < -0.4 is 0 Å². The predicted octanol–water partition coefficient (Wildman–Crippen LogP) is 6.50. The van der Waals surface area contributed by atoms with Crippen molar-refractivity contribution in [3.8, 4) is 11.1 Å². The molecule has 0 radical (unpaired) electrons. The van der Waals surface area contributed by atoms with Gasteiger partial charge >= 0.3 is 0 Å². The summed E-state index contributed by atoms with van der Waals surface area (Å²) in [7, 11) is -1.66. The maximum atomic E-state index is 13.7. The largest absolute Gasteiger partial charge is 0.288 e. The summed E-state index contributed by atoms with van der Waals surface area (Å²) in [6.45, 7) is 9.56. The summed E-state index contributed by atoms with van der Waals surface area (Å²) in [6, 6.07) is 10.3. The highest BCUT2D eigenvalue weighted by molar-refractivity contribution is 7.90. The van der Waals surface area contributed by atoms with Gasteiger partial charge in [0.1, 0.15) is 5.82 Å². The molecule has 1 N–H and O–H groups in total. The minimum atomic E-state index is -3.07. The summed E-state index contributed by atoms with van der Waals surface area (Å²) >= 11 is 0. The molecule has 0 aliphatic rings. The Bertz CT molecular complexity index is 1430. The number of hydrogen-bond acceptors (Lipinski definition) is 5. The molecule has 4 rings (SSSR count). The molecule has 8 heteroatoms. The zero-order chi connectivity index (χ0) is 23.3. The molecule has 0 aliphatic heterocycles. The topological polar surface area (TPSA) is 80.2 Å². The second kappa shape index (κ2) is 7.94. The fraction of sp³-hybridized carbons (Fsp3) is 0.333. The zero-order valence-corrected chi connectivity index (χ0v) is 19.9. The Kier molecular flexibility index (Phi) is 5.55. The van der Waals surface area contributed by atoms with E-state index in [0.717, 1.165) is 38.5 Å². The van der Waals surface area contributed by atoms with E-state index in [2.05, 4.69) is 14.6 Å². The van der Waals surface area contributed by atoms with Crippen molar-refractivity contribution in [3.63, 3.8) is 0 Å². The molecular formula is C24H27FN4O2S. The van der Waals surface area contributed by atoms with Crippen molar-refractivity contribution < 1.29 is 12.8 Å². The van der Waals surface area contributed by atoms with Crippen LogP contribution in [0.3, 0.4) is 0 Å². The lowest BCUT2D eigenvalue weighted by molar-refractivity contribution is 0.416. The Morgan fingerprint density at radius 3 is 2.41 bits per heavy atom. The third-order valence-electron chi connectivity index (χ3n) is 5.46. The molecule has 6 nitrogen and oxygen atoms in total. The molecule has 0 spiro atoms. The summed E-state index contributed by atoms with van der Waals surface area (Å²) < 4.78 is 36.5. The first-order valence-electron chi connectivity index (χ1n) is 10.4. The SMILES string of the molecule is COS(=O)(=Nc1nc(C(C)C)c(-c2ccc(F)cc2)c2cc3cn[nH]c3cc12)C(C)(C)C. The highest BCUT2D eigenvalue weighted by atomic mass is 32.2. The maximum absolute atomic E-state index is 13.7. The number of benzene rings is 2. The number of aromatic amines is 1. The number of fused-ring (bicyclic) bond motifs is 2. The van der Waals surface area contributed by atoms with Gasteiger partial charge in [-0.05, 0) is 61.9 Å². The van der Waals surface area contributed by atoms with E-state index in [1.165, 1.54) is 19.2 Å². The number of nitrogens with zero attached hydrogens (tertiary/aromatic N) is 3. The molecular weight excluding hydrogens is 427 g/mol. The van der Waals surface area contributed by atoms with Crippen LogP contribution in [0.4, 0.5) is 10.2 Å². The third-order valence-corrected chi connectivity index (χ3v) is 7.87. The number of nitrogens with one attached hydrogen (secondary N) is 1. The average Bonchev–Trinajstić information content (AvgIpc) is 3.19. The van der Waals surface area contributed by atoms with Crippen molar-refractivity contribution in [2.75, 3.05) is 7.11 Å². The quantitative estimate of drug-likeness (QED) is 0.382. The van der Waals surface area contributed by atoms with Crippen LogP contribution in [-0.4, -0.2) is 31.2 Å². The van der Waals surface area contributed by atoms with E-state index in [4.69, 9.17) is 9.17 Å². The number of H-pyrrole nitrogens is 1. The molecule has 0 bridgehead atoms. The van der Waals surface area contributed by atoms with Gasteiger partial charge in [-0.3, -0.25) is 9.28 Å². The highest BCUT2D eigenvalue weighted by Gasteiger charge is 2.29. The number of pyridine rings is 1. The van der Waals surface area contributed by atoms with Gasteiger partial charge in [-0.15, -0.1) is 0 Å². The fourth-order valence-corrected chi connectivity index (χ4v) is 4.91. The van der Waals surface area contributed by atoms with E-state index >= 15 is 0 Å². The highest BCUT2D eigenvalue weighted by Crippen LogP contribution is 2.41. The van der Waals surface area contributed by atoms with Crippen LogP contribution in [0.15, 0.2) is 47.0 Å². The number of hydrogen-bond donors (Lipinski definition) is 1. The molecule has 32 heavy (non-hydrogen) atoms. The lowest BCUT2D eigenvalue weighted by Crippen LogP contribution is -2.28. The van der Waals surface area contributed by atoms with Gasteiger partial charge in [0.15, 0.2) is 15.8 Å². The first kappa shape index (κ1) is 22.4. The van der Waals surface area contributed by atoms with Crippen LogP contribution in [0.5, 0.6) is 0 Å². The lowest BCUT2D eigenvalue weighted by Gasteiger charge is -2.23. The zero-order valence-electron chi connectivity index (χ0n) is 19.1. The van der Waals surface area contributed by atoms with Gasteiger partial charge in [-0.2, -0.15) is 9.46 Å². The van der Waals surface area contributed by atoms with Crippen molar-refractivity contribution in [2.24, 2.45) is 4.36 Å². The monoisotopic (exact) mass is 454 g/mol. The van der Waals surface area contributed by atoms with Crippen molar-refractivity contribution in [1.29, 1.82) is 0 Å². The van der Waals surface area contributed by atoms with Gasteiger partial charge in [0.05, 0.1) is 29.3 Å². The second-order valence-electron chi connectivity index (χ2n) is 9.06. The summed E-state index contributed by atoms with van der Waals surface area (Å²) in [6.07, 6.45) is 1.75. The number of halogens is 1. The first-order chi connectivity index (χ1) is 15.0. The Morgan fingerprint density at radius 1 is 1.12 bits per heavy atom. The molecule has 168 valence electrons. The van der Waals surface area contributed by atoms with Crippen LogP contribution in [0.2, 0.25) is 0 Å². The summed E-state index contributed by atoms with van der Waals surface area (Å²) in [5.41, 5.74) is 3.36. The Balaban J connectivity index is 2.19. The van der Waals surface area contributed by atoms with Crippen molar-refractivity contribution in [2.45, 2.75) is 45.3 Å². The van der Waals surface area contributed by atoms with E-state index in [1.54, 1.807) is 18.3 Å². The molecule has 0 fully saturated rings. The molecule has 4 aromatic rings. The summed E-state index contributed by atoms with van der Waals surface area (Å²) in [5, 5.41) is 9.66. The lowest BCUT2D eigenvalue weighted by atomic mass is 9.92. The number of rotatable bonds is 4. The van der Waals surface area contributed by atoms with Crippen LogP contribution >= 0.6 is 0 Å². The minimum absolute atomic E-state index is 0.0432. The average molecular weight is 455 g/mol. The van der Waals surface area contributed by atoms with Crippen LogP contribution in [0, 0.1) is 5.82 Å². The standard InChI is InChI=1S/C24H27FN4O2S/c1-14(2)22-21(15-7-9-17(25)10-8-15)18-11-16-13-26-28-20(16)12-19(18)23(27-22)29-32(30,31-6)24(3,4)5/h7-14H,1-6H3,(H,26,28). The van der Waals surface area contributed by atoms with Crippen LogP contribution in [0.25, 0.3) is 32.8 Å². The molecule has 1 unspecified atom stereocenters. The predicted molar refractivity (Wildman–Crippen MR) is 128 cm³/mol. The van der Waals surface area contributed by atoms with E-state index in [1.807, 2.05) is 46.8 Å². The van der Waals surface area contributed by atoms with Gasteiger partial charge in [0, 0.05) is 16.3 Å². The third kappa shape index (κ3) is 3.78. The summed E-state index contributed by atoms with van der Waals surface area (Å²) in [5.74, 6) is 0.0977. The minimum Gasteiger partial charge on any atom is -0.288 e. The molecule has 2 heterocycles.